The van der Waals surface area contributed by atoms with Crippen molar-refractivity contribution in [3.8, 4) is 5.75 Å². The molecule has 1 aliphatic rings. The third-order valence-corrected chi connectivity index (χ3v) is 9.27. The van der Waals surface area contributed by atoms with E-state index in [0.717, 1.165) is 25.6 Å². The van der Waals surface area contributed by atoms with E-state index in [4.69, 9.17) is 4.74 Å². The van der Waals surface area contributed by atoms with Gasteiger partial charge in [0.05, 0.1) is 12.0 Å². The molecule has 2 aromatic rings. The van der Waals surface area contributed by atoms with E-state index in [-0.39, 0.29) is 23.8 Å². The summed E-state index contributed by atoms with van der Waals surface area (Å²) in [5.41, 5.74) is 3.11. The van der Waals surface area contributed by atoms with Crippen molar-refractivity contribution in [1.82, 2.24) is 9.21 Å². The van der Waals surface area contributed by atoms with Gasteiger partial charge in [-0.25, -0.2) is 12.7 Å². The number of carbonyl (C=O) groups excluding carboxylic acids is 1. The van der Waals surface area contributed by atoms with Gasteiger partial charge in [-0.2, -0.15) is 0 Å². The molecule has 0 aromatic heterocycles. The van der Waals surface area contributed by atoms with E-state index in [0.29, 0.717) is 22.6 Å². The predicted octanol–water partition coefficient (Wildman–Crippen LogP) is 4.13. The molecule has 3 rings (SSSR count). The zero-order valence-corrected chi connectivity index (χ0v) is 23.9. The standard InChI is InChI=1S/C28H42N4O4S/c1-21-19-26(36-6)20-22(2)28(21)37(34,35)31(5)16-14-27(33)29-24-7-9-25(10-8-24)32-17-12-23(13-18-32)11-15-30(3)4/h7-10,19-20,23H,11-18H2,1-6H3,(H,29,33). The summed E-state index contributed by atoms with van der Waals surface area (Å²) in [7, 11) is 3.57. The lowest BCUT2D eigenvalue weighted by Crippen LogP contribution is -2.34. The first-order valence-corrected chi connectivity index (χ1v) is 14.4. The molecule has 37 heavy (non-hydrogen) atoms. The number of rotatable bonds is 11. The minimum Gasteiger partial charge on any atom is -0.497 e. The molecule has 0 aliphatic carbocycles. The van der Waals surface area contributed by atoms with E-state index >= 15 is 0 Å². The normalized spacial score (nSPS) is 14.9. The Hall–Kier alpha value is -2.62. The summed E-state index contributed by atoms with van der Waals surface area (Å²) in [5.74, 6) is 1.18. The summed E-state index contributed by atoms with van der Waals surface area (Å²) >= 11 is 0. The molecule has 204 valence electrons. The van der Waals surface area contributed by atoms with Crippen molar-refractivity contribution in [3.63, 3.8) is 0 Å². The molecule has 1 amide bonds. The highest BCUT2D eigenvalue weighted by molar-refractivity contribution is 7.89. The quantitative estimate of drug-likeness (QED) is 0.471. The van der Waals surface area contributed by atoms with Crippen molar-refractivity contribution in [2.45, 2.75) is 44.4 Å². The van der Waals surface area contributed by atoms with Crippen molar-refractivity contribution in [3.05, 3.63) is 47.5 Å². The second kappa shape index (κ2) is 12.8. The first kappa shape index (κ1) is 28.9. The fraction of sp³-hybridized carbons (Fsp3) is 0.536. The minimum atomic E-state index is -3.73. The highest BCUT2D eigenvalue weighted by Crippen LogP contribution is 2.28. The summed E-state index contributed by atoms with van der Waals surface area (Å²) in [6.45, 7) is 6.83. The van der Waals surface area contributed by atoms with Gasteiger partial charge >= 0.3 is 0 Å². The first-order valence-electron chi connectivity index (χ1n) is 12.9. The molecule has 0 unspecified atom stereocenters. The van der Waals surface area contributed by atoms with Gasteiger partial charge in [0.2, 0.25) is 15.9 Å². The highest BCUT2D eigenvalue weighted by Gasteiger charge is 2.26. The maximum Gasteiger partial charge on any atom is 0.243 e. The molecule has 0 atom stereocenters. The van der Waals surface area contributed by atoms with Crippen LogP contribution in [0.15, 0.2) is 41.3 Å². The van der Waals surface area contributed by atoms with Gasteiger partial charge in [-0.15, -0.1) is 0 Å². The zero-order chi connectivity index (χ0) is 27.2. The van der Waals surface area contributed by atoms with Gasteiger partial charge in [0.15, 0.2) is 0 Å². The summed E-state index contributed by atoms with van der Waals surface area (Å²) in [6, 6.07) is 11.3. The number of amides is 1. The van der Waals surface area contributed by atoms with Crippen LogP contribution in [0.1, 0.15) is 36.8 Å². The summed E-state index contributed by atoms with van der Waals surface area (Å²) in [6.07, 6.45) is 3.73. The lowest BCUT2D eigenvalue weighted by atomic mass is 9.93. The topological polar surface area (TPSA) is 82.2 Å². The largest absolute Gasteiger partial charge is 0.497 e. The molecule has 0 saturated carbocycles. The van der Waals surface area contributed by atoms with Gasteiger partial charge in [0.1, 0.15) is 5.75 Å². The lowest BCUT2D eigenvalue weighted by molar-refractivity contribution is -0.116. The van der Waals surface area contributed by atoms with Crippen LogP contribution in [0.3, 0.4) is 0 Å². The van der Waals surface area contributed by atoms with Gasteiger partial charge in [-0.3, -0.25) is 4.79 Å². The predicted molar refractivity (Wildman–Crippen MR) is 150 cm³/mol. The average Bonchev–Trinajstić information content (AvgIpc) is 2.86. The maximum absolute atomic E-state index is 13.2. The molecular weight excluding hydrogens is 488 g/mol. The number of sulfonamides is 1. The number of methoxy groups -OCH3 is 1. The van der Waals surface area contributed by atoms with Crippen LogP contribution in [0.4, 0.5) is 11.4 Å². The number of ether oxygens (including phenoxy) is 1. The fourth-order valence-corrected chi connectivity index (χ4v) is 6.44. The Bertz CT molecular complexity index is 1130. The Labute approximate surface area is 222 Å². The summed E-state index contributed by atoms with van der Waals surface area (Å²) in [5, 5.41) is 2.89. The molecule has 8 nitrogen and oxygen atoms in total. The molecule has 1 saturated heterocycles. The maximum atomic E-state index is 13.2. The van der Waals surface area contributed by atoms with E-state index in [1.54, 1.807) is 33.1 Å². The number of anilines is 2. The van der Waals surface area contributed by atoms with E-state index < -0.39 is 10.0 Å². The van der Waals surface area contributed by atoms with Crippen LogP contribution in [0.5, 0.6) is 5.75 Å². The van der Waals surface area contributed by atoms with Crippen LogP contribution in [-0.4, -0.2) is 78.0 Å². The van der Waals surface area contributed by atoms with Crippen molar-refractivity contribution in [2.24, 2.45) is 5.92 Å². The van der Waals surface area contributed by atoms with Gasteiger partial charge in [0.25, 0.3) is 0 Å². The summed E-state index contributed by atoms with van der Waals surface area (Å²) < 4.78 is 32.8. The van der Waals surface area contributed by atoms with Crippen LogP contribution >= 0.6 is 0 Å². The molecule has 1 heterocycles. The van der Waals surface area contributed by atoms with Crippen LogP contribution in [-0.2, 0) is 14.8 Å². The van der Waals surface area contributed by atoms with E-state index in [2.05, 4.69) is 29.2 Å². The Morgan fingerprint density at radius 2 is 1.62 bits per heavy atom. The van der Waals surface area contributed by atoms with Crippen LogP contribution in [0.25, 0.3) is 0 Å². The molecule has 2 aromatic carbocycles. The van der Waals surface area contributed by atoms with Crippen molar-refractivity contribution in [2.75, 3.05) is 64.6 Å². The monoisotopic (exact) mass is 530 g/mol. The minimum absolute atomic E-state index is 0.0617. The third kappa shape index (κ3) is 7.69. The highest BCUT2D eigenvalue weighted by atomic mass is 32.2. The van der Waals surface area contributed by atoms with Gasteiger partial charge < -0.3 is 19.9 Å². The number of hydrogen-bond donors (Lipinski definition) is 1. The van der Waals surface area contributed by atoms with Crippen LogP contribution in [0, 0.1) is 19.8 Å². The molecule has 0 bridgehead atoms. The van der Waals surface area contributed by atoms with E-state index in [1.165, 1.54) is 36.3 Å². The number of carbonyl (C=O) groups is 1. The molecular formula is C28H42N4O4S. The number of nitrogens with one attached hydrogen (secondary N) is 1. The SMILES string of the molecule is COc1cc(C)c(S(=O)(=O)N(C)CCC(=O)Nc2ccc(N3CCC(CCN(C)C)CC3)cc2)c(C)c1. The molecule has 0 radical (unpaired) electrons. The lowest BCUT2D eigenvalue weighted by Gasteiger charge is -2.34. The zero-order valence-electron chi connectivity index (χ0n) is 23.1. The Morgan fingerprint density at radius 1 is 1.03 bits per heavy atom. The first-order chi connectivity index (χ1) is 17.5. The Balaban J connectivity index is 1.50. The van der Waals surface area contributed by atoms with Crippen molar-refractivity contribution in [1.29, 1.82) is 0 Å². The Morgan fingerprint density at radius 3 is 2.16 bits per heavy atom. The second-order valence-corrected chi connectivity index (χ2v) is 12.3. The van der Waals surface area contributed by atoms with Gasteiger partial charge in [-0.1, -0.05) is 0 Å². The van der Waals surface area contributed by atoms with Gasteiger partial charge in [0, 0.05) is 44.5 Å². The van der Waals surface area contributed by atoms with E-state index in [1.807, 2.05) is 24.3 Å². The molecule has 1 aliphatic heterocycles. The number of benzene rings is 2. The molecule has 9 heteroatoms. The fourth-order valence-electron chi connectivity index (χ4n) is 4.87. The van der Waals surface area contributed by atoms with Gasteiger partial charge in [-0.05, 0) is 107 Å². The smallest absolute Gasteiger partial charge is 0.243 e. The number of hydrogen-bond acceptors (Lipinski definition) is 6. The van der Waals surface area contributed by atoms with E-state index in [9.17, 15) is 13.2 Å². The number of piperidine rings is 1. The van der Waals surface area contributed by atoms with Crippen molar-refractivity contribution >= 4 is 27.3 Å². The number of nitrogens with zero attached hydrogens (tertiary/aromatic N) is 3. The van der Waals surface area contributed by atoms with Crippen molar-refractivity contribution < 1.29 is 17.9 Å². The molecule has 0 spiro atoms. The van der Waals surface area contributed by atoms with Crippen LogP contribution < -0.4 is 15.0 Å². The average molecular weight is 531 g/mol. The molecule has 1 fully saturated rings. The summed E-state index contributed by atoms with van der Waals surface area (Å²) in [4.78, 5) is 17.5. The van der Waals surface area contributed by atoms with Crippen LogP contribution in [0.2, 0.25) is 0 Å². The third-order valence-electron chi connectivity index (χ3n) is 7.11. The Kier molecular flexibility index (Phi) is 9.98. The number of aryl methyl sites for hydroxylation is 2. The second-order valence-electron chi connectivity index (χ2n) is 10.3. The molecule has 1 N–H and O–H groups in total.